The van der Waals surface area contributed by atoms with Crippen LogP contribution >= 0.6 is 23.2 Å². The molecule has 2 heterocycles. The van der Waals surface area contributed by atoms with E-state index in [1.54, 1.807) is 18.3 Å². The highest BCUT2D eigenvalue weighted by Gasteiger charge is 2.31. The average Bonchev–Trinajstić information content (AvgIpc) is 2.84. The molecule has 3 aromatic rings. The van der Waals surface area contributed by atoms with Crippen LogP contribution in [0.2, 0.25) is 10.0 Å². The van der Waals surface area contributed by atoms with Gasteiger partial charge in [-0.05, 0) is 48.4 Å². The van der Waals surface area contributed by atoms with Crippen LogP contribution in [0, 0.1) is 0 Å². The second kappa shape index (κ2) is 10.7. The summed E-state index contributed by atoms with van der Waals surface area (Å²) in [5.74, 6) is -0.511. The van der Waals surface area contributed by atoms with Crippen LogP contribution in [0.5, 0.6) is 0 Å². The molecule has 4 rings (SSSR count). The third-order valence-corrected chi connectivity index (χ3v) is 6.84. The fourth-order valence-electron chi connectivity index (χ4n) is 4.35. The number of carbonyl (C=O) groups excluding carboxylic acids is 1. The fraction of sp³-hybridized carbons (Fsp3) is 0.308. The molecule has 2 aromatic carbocycles. The van der Waals surface area contributed by atoms with Crippen LogP contribution in [0.1, 0.15) is 46.2 Å². The van der Waals surface area contributed by atoms with Crippen LogP contribution in [0.4, 0.5) is 5.69 Å². The first-order chi connectivity index (χ1) is 16.4. The lowest BCUT2D eigenvalue weighted by molar-refractivity contribution is 0.0999. The molecule has 1 aromatic heterocycles. The van der Waals surface area contributed by atoms with E-state index in [1.165, 1.54) is 0 Å². The molecule has 8 heteroatoms. The van der Waals surface area contributed by atoms with Crippen LogP contribution in [0.3, 0.4) is 0 Å². The smallest absolute Gasteiger partial charge is 0.248 e. The molecule has 6 nitrogen and oxygen atoms in total. The SMILES string of the molecule is CCc1ccc([C@H](O)CN2CCN(c3ccc(C(N)=O)cc3Cl)[C@H](c3ccc(Cl)cc3)C2)cn1. The van der Waals surface area contributed by atoms with Gasteiger partial charge in [0.25, 0.3) is 0 Å². The molecular weight excluding hydrogens is 471 g/mol. The van der Waals surface area contributed by atoms with Gasteiger partial charge in [0.15, 0.2) is 0 Å². The zero-order chi connectivity index (χ0) is 24.2. The summed E-state index contributed by atoms with van der Waals surface area (Å²) in [5.41, 5.74) is 9.54. The first-order valence-electron chi connectivity index (χ1n) is 11.3. The molecule has 1 saturated heterocycles. The Hall–Kier alpha value is -2.64. The van der Waals surface area contributed by atoms with Gasteiger partial charge in [-0.15, -0.1) is 0 Å². The zero-order valence-electron chi connectivity index (χ0n) is 19.0. The maximum absolute atomic E-state index is 11.6. The van der Waals surface area contributed by atoms with Crippen molar-refractivity contribution in [3.05, 3.63) is 93.2 Å². The topological polar surface area (TPSA) is 82.7 Å². The largest absolute Gasteiger partial charge is 0.387 e. The predicted octanol–water partition coefficient (Wildman–Crippen LogP) is 4.65. The number of nitrogens with two attached hydrogens (primary N) is 1. The number of hydrogen-bond donors (Lipinski definition) is 2. The highest BCUT2D eigenvalue weighted by Crippen LogP contribution is 2.36. The summed E-state index contributed by atoms with van der Waals surface area (Å²) in [5, 5.41) is 12.0. The summed E-state index contributed by atoms with van der Waals surface area (Å²) in [6.45, 7) is 4.69. The fourth-order valence-corrected chi connectivity index (χ4v) is 4.76. The lowest BCUT2D eigenvalue weighted by Gasteiger charge is -2.44. The number of aromatic nitrogens is 1. The summed E-state index contributed by atoms with van der Waals surface area (Å²) in [6.07, 6.45) is 2.00. The van der Waals surface area contributed by atoms with Gasteiger partial charge in [0.2, 0.25) is 5.91 Å². The molecule has 0 saturated carbocycles. The normalized spacial score (nSPS) is 17.5. The minimum atomic E-state index is -0.630. The molecular formula is C26H28Cl2N4O2. The van der Waals surface area contributed by atoms with Gasteiger partial charge in [0, 0.05) is 54.2 Å². The van der Waals surface area contributed by atoms with E-state index in [2.05, 4.69) is 21.7 Å². The second-order valence-corrected chi connectivity index (χ2v) is 9.35. The number of amides is 1. The van der Waals surface area contributed by atoms with Gasteiger partial charge in [-0.2, -0.15) is 0 Å². The summed E-state index contributed by atoms with van der Waals surface area (Å²) < 4.78 is 0. The van der Waals surface area contributed by atoms with Gasteiger partial charge in [0.1, 0.15) is 0 Å². The minimum absolute atomic E-state index is 0.0178. The van der Waals surface area contributed by atoms with E-state index in [9.17, 15) is 9.90 Å². The number of aliphatic hydroxyl groups is 1. The van der Waals surface area contributed by atoms with E-state index in [4.69, 9.17) is 28.9 Å². The number of pyridine rings is 1. The number of rotatable bonds is 7. The van der Waals surface area contributed by atoms with E-state index >= 15 is 0 Å². The van der Waals surface area contributed by atoms with Crippen molar-refractivity contribution in [2.45, 2.75) is 25.5 Å². The van der Waals surface area contributed by atoms with Crippen molar-refractivity contribution in [3.8, 4) is 0 Å². The van der Waals surface area contributed by atoms with Crippen molar-refractivity contribution in [3.63, 3.8) is 0 Å². The molecule has 0 unspecified atom stereocenters. The van der Waals surface area contributed by atoms with Gasteiger partial charge >= 0.3 is 0 Å². The van der Waals surface area contributed by atoms with Crippen LogP contribution in [0.15, 0.2) is 60.8 Å². The van der Waals surface area contributed by atoms with Crippen LogP contribution in [-0.2, 0) is 6.42 Å². The van der Waals surface area contributed by atoms with E-state index in [1.807, 2.05) is 42.5 Å². The molecule has 1 aliphatic heterocycles. The Morgan fingerprint density at radius 1 is 1.15 bits per heavy atom. The number of benzene rings is 2. The Labute approximate surface area is 209 Å². The van der Waals surface area contributed by atoms with E-state index in [0.29, 0.717) is 35.2 Å². The van der Waals surface area contributed by atoms with Gasteiger partial charge in [-0.25, -0.2) is 0 Å². The number of aliphatic hydroxyl groups excluding tert-OH is 1. The standard InChI is InChI=1S/C26H28Cl2N4O2/c1-2-21-9-5-19(14-30-21)25(33)16-31-11-12-32(23-10-6-18(26(29)34)13-22(23)28)24(15-31)17-3-7-20(27)8-4-17/h3-10,13-14,24-25,33H,2,11-12,15-16H2,1H3,(H2,29,34)/t24-,25+/m0/s1. The molecule has 34 heavy (non-hydrogen) atoms. The summed E-state index contributed by atoms with van der Waals surface area (Å²) in [4.78, 5) is 20.5. The van der Waals surface area contributed by atoms with E-state index in [0.717, 1.165) is 35.5 Å². The number of halogens is 2. The van der Waals surface area contributed by atoms with Crippen LogP contribution < -0.4 is 10.6 Å². The number of piperazine rings is 1. The predicted molar refractivity (Wildman–Crippen MR) is 137 cm³/mol. The monoisotopic (exact) mass is 498 g/mol. The van der Waals surface area contributed by atoms with Crippen LogP contribution in [-0.4, -0.2) is 47.1 Å². The molecule has 1 amide bonds. The number of aryl methyl sites for hydroxylation is 1. The van der Waals surface area contributed by atoms with Crippen molar-refractivity contribution >= 4 is 34.8 Å². The molecule has 2 atom stereocenters. The second-order valence-electron chi connectivity index (χ2n) is 8.50. The number of nitrogens with zero attached hydrogens (tertiary/aromatic N) is 3. The lowest BCUT2D eigenvalue weighted by Crippen LogP contribution is -2.49. The molecule has 0 radical (unpaired) electrons. The van der Waals surface area contributed by atoms with Crippen LogP contribution in [0.25, 0.3) is 0 Å². The molecule has 3 N–H and O–H groups in total. The summed E-state index contributed by atoms with van der Waals surface area (Å²) in [6, 6.07) is 16.8. The number of primary amides is 1. The number of β-amino-alcohol motifs (C(OH)–C–C–N with tert-alkyl or cyclic N) is 1. The quantitative estimate of drug-likeness (QED) is 0.495. The molecule has 0 spiro atoms. The van der Waals surface area contributed by atoms with Crippen molar-refractivity contribution < 1.29 is 9.90 Å². The van der Waals surface area contributed by atoms with Crippen molar-refractivity contribution in [1.82, 2.24) is 9.88 Å². The Balaban J connectivity index is 1.57. The molecule has 1 fully saturated rings. The van der Waals surface area contributed by atoms with E-state index in [-0.39, 0.29) is 6.04 Å². The third-order valence-electron chi connectivity index (χ3n) is 6.29. The Kier molecular flexibility index (Phi) is 7.73. The highest BCUT2D eigenvalue weighted by molar-refractivity contribution is 6.33. The van der Waals surface area contributed by atoms with Gasteiger partial charge in [0.05, 0.1) is 22.9 Å². The Morgan fingerprint density at radius 2 is 1.91 bits per heavy atom. The number of hydrogen-bond acceptors (Lipinski definition) is 5. The first kappa shape index (κ1) is 24.5. The Bertz CT molecular complexity index is 1140. The maximum Gasteiger partial charge on any atom is 0.248 e. The molecule has 178 valence electrons. The summed E-state index contributed by atoms with van der Waals surface area (Å²) in [7, 11) is 0. The van der Waals surface area contributed by atoms with Crippen molar-refractivity contribution in [2.75, 3.05) is 31.1 Å². The summed E-state index contributed by atoms with van der Waals surface area (Å²) >= 11 is 12.7. The molecule has 0 bridgehead atoms. The Morgan fingerprint density at radius 3 is 2.53 bits per heavy atom. The van der Waals surface area contributed by atoms with Gasteiger partial charge in [-0.3, -0.25) is 14.7 Å². The van der Waals surface area contributed by atoms with Crippen molar-refractivity contribution in [2.24, 2.45) is 5.73 Å². The van der Waals surface area contributed by atoms with Crippen molar-refractivity contribution in [1.29, 1.82) is 0 Å². The van der Waals surface area contributed by atoms with Gasteiger partial charge in [-0.1, -0.05) is 48.3 Å². The first-order valence-corrected chi connectivity index (χ1v) is 12.1. The highest BCUT2D eigenvalue weighted by atomic mass is 35.5. The third kappa shape index (κ3) is 5.53. The lowest BCUT2D eigenvalue weighted by atomic mass is 10.00. The molecule has 0 aliphatic carbocycles. The van der Waals surface area contributed by atoms with Gasteiger partial charge < -0.3 is 15.7 Å². The average molecular weight is 499 g/mol. The zero-order valence-corrected chi connectivity index (χ0v) is 20.5. The maximum atomic E-state index is 11.6. The van der Waals surface area contributed by atoms with E-state index < -0.39 is 12.0 Å². The number of anilines is 1. The number of carbonyl (C=O) groups is 1. The minimum Gasteiger partial charge on any atom is -0.387 e. The molecule has 1 aliphatic rings.